The van der Waals surface area contributed by atoms with Gasteiger partial charge in [-0.15, -0.1) is 5.48 Å². The molecule has 0 amide bonds. The van der Waals surface area contributed by atoms with Crippen LogP contribution in [-0.2, 0) is 4.84 Å². The molecule has 0 aromatic heterocycles. The predicted octanol–water partition coefficient (Wildman–Crippen LogP) is 0.601. The van der Waals surface area contributed by atoms with E-state index in [4.69, 9.17) is 0 Å². The van der Waals surface area contributed by atoms with Crippen molar-refractivity contribution in [3.8, 4) is 0 Å². The Hall–Kier alpha value is -0.780. The van der Waals surface area contributed by atoms with Crippen LogP contribution in [0.5, 0.6) is 0 Å². The predicted molar refractivity (Wildman–Crippen MR) is 22.0 cm³/mol. The van der Waals surface area contributed by atoms with E-state index in [0.717, 1.165) is 0 Å². The Kier molecular flexibility index (Phi) is 1.32. The maximum absolute atomic E-state index is 11.5. The summed E-state index contributed by atoms with van der Waals surface area (Å²) in [5.74, 6) is 0. The van der Waals surface area contributed by atoms with E-state index in [2.05, 4.69) is 9.83 Å². The number of nitrogens with zero attached hydrogens (tertiary/aromatic N) is 1. The fourth-order valence-corrected chi connectivity index (χ4v) is 0.319. The molecule has 0 aromatic carbocycles. The van der Waals surface area contributed by atoms with Gasteiger partial charge in [-0.25, -0.2) is 4.99 Å². The average molecular weight is 139 g/mol. The largest absolute Gasteiger partial charge is 0.434 e. The van der Waals surface area contributed by atoms with Gasteiger partial charge in [0.05, 0.1) is 0 Å². The molecule has 9 heavy (non-hydrogen) atoms. The molecule has 0 fully saturated rings. The smallest absolute Gasteiger partial charge is 0.394 e. The van der Waals surface area contributed by atoms with Crippen molar-refractivity contribution in [2.45, 2.75) is 6.18 Å². The first kappa shape index (κ1) is 6.34. The van der Waals surface area contributed by atoms with E-state index < -0.39 is 12.3 Å². The highest BCUT2D eigenvalue weighted by atomic mass is 19.4. The number of nitrogens with one attached hydrogen (secondary N) is 1. The number of hydroxylamine groups is 1. The van der Waals surface area contributed by atoms with Gasteiger partial charge in [0.25, 0.3) is 6.17 Å². The SMILES string of the molecule is FC(F)(F)[C]1N=CON1. The topological polar surface area (TPSA) is 33.6 Å². The summed E-state index contributed by atoms with van der Waals surface area (Å²) in [6.07, 6.45) is -4.88. The highest BCUT2D eigenvalue weighted by Gasteiger charge is 2.43. The Labute approximate surface area is 48.5 Å². The zero-order valence-corrected chi connectivity index (χ0v) is 4.07. The lowest BCUT2D eigenvalue weighted by Crippen LogP contribution is -2.28. The number of hydrogen-bond donors (Lipinski definition) is 1. The summed E-state index contributed by atoms with van der Waals surface area (Å²) in [4.78, 5) is 6.83. The Morgan fingerprint density at radius 2 is 2.22 bits per heavy atom. The minimum absolute atomic E-state index is 0.683. The van der Waals surface area contributed by atoms with Gasteiger partial charge in [-0.05, 0) is 0 Å². The second-order valence-electron chi connectivity index (χ2n) is 1.30. The van der Waals surface area contributed by atoms with Gasteiger partial charge in [-0.2, -0.15) is 13.2 Å². The number of aliphatic imine (C=N–C) groups is 1. The van der Waals surface area contributed by atoms with Gasteiger partial charge in [0, 0.05) is 0 Å². The second kappa shape index (κ2) is 1.87. The van der Waals surface area contributed by atoms with Crippen LogP contribution in [0, 0.1) is 6.17 Å². The van der Waals surface area contributed by atoms with E-state index in [-0.39, 0.29) is 0 Å². The third-order valence-electron chi connectivity index (χ3n) is 0.659. The fourth-order valence-electron chi connectivity index (χ4n) is 0.319. The molecule has 0 atom stereocenters. The molecule has 51 valence electrons. The lowest BCUT2D eigenvalue weighted by atomic mass is 10.5. The number of alkyl halides is 3. The normalized spacial score (nSPS) is 20.3. The number of rotatable bonds is 0. The molecule has 0 aromatic rings. The molecule has 0 aliphatic carbocycles. The fraction of sp³-hybridized carbons (Fsp3) is 0.333. The van der Waals surface area contributed by atoms with Gasteiger partial charge < -0.3 is 4.84 Å². The molecule has 6 heteroatoms. The molecule has 0 saturated carbocycles. The van der Waals surface area contributed by atoms with E-state index >= 15 is 0 Å². The highest BCUT2D eigenvalue weighted by Crippen LogP contribution is 2.27. The standard InChI is InChI=1S/C3H2F3N2O/c4-3(5,6)2-7-1-9-8-2/h1,8H. The van der Waals surface area contributed by atoms with E-state index in [9.17, 15) is 13.2 Å². The van der Waals surface area contributed by atoms with Crippen molar-refractivity contribution in [1.82, 2.24) is 5.48 Å². The molecule has 1 radical (unpaired) electrons. The maximum atomic E-state index is 11.5. The van der Waals surface area contributed by atoms with Crippen LogP contribution in [0.1, 0.15) is 0 Å². The molecule has 0 saturated heterocycles. The van der Waals surface area contributed by atoms with Crippen LogP contribution in [-0.4, -0.2) is 12.6 Å². The minimum Gasteiger partial charge on any atom is -0.394 e. The molecule has 1 heterocycles. The van der Waals surface area contributed by atoms with Gasteiger partial charge in [0.15, 0.2) is 6.40 Å². The summed E-state index contributed by atoms with van der Waals surface area (Å²) in [5.41, 5.74) is 1.57. The first-order valence-electron chi connectivity index (χ1n) is 1.99. The van der Waals surface area contributed by atoms with Gasteiger partial charge in [-0.3, -0.25) is 0 Å². The van der Waals surface area contributed by atoms with Crippen molar-refractivity contribution < 1.29 is 18.0 Å². The van der Waals surface area contributed by atoms with E-state index in [1.807, 2.05) is 0 Å². The number of halogens is 3. The van der Waals surface area contributed by atoms with Crippen LogP contribution in [0.4, 0.5) is 13.2 Å². The Balaban J connectivity index is 2.53. The molecule has 3 nitrogen and oxygen atoms in total. The monoisotopic (exact) mass is 139 g/mol. The first-order chi connectivity index (χ1) is 4.11. The van der Waals surface area contributed by atoms with Gasteiger partial charge in [0.1, 0.15) is 0 Å². The maximum Gasteiger partial charge on any atom is 0.434 e. The highest BCUT2D eigenvalue weighted by molar-refractivity contribution is 5.50. The van der Waals surface area contributed by atoms with Crippen LogP contribution in [0.15, 0.2) is 4.99 Å². The van der Waals surface area contributed by atoms with Gasteiger partial charge >= 0.3 is 6.18 Å². The second-order valence-corrected chi connectivity index (χ2v) is 1.30. The van der Waals surface area contributed by atoms with Gasteiger partial charge in [-0.1, -0.05) is 0 Å². The summed E-state index contributed by atoms with van der Waals surface area (Å²) >= 11 is 0. The summed E-state index contributed by atoms with van der Waals surface area (Å²) in [7, 11) is 0. The molecule has 1 aliphatic heterocycles. The molecule has 1 N–H and O–H groups in total. The third kappa shape index (κ3) is 1.32. The summed E-state index contributed by atoms with van der Waals surface area (Å²) in [5, 5.41) is 0. The summed E-state index contributed by atoms with van der Waals surface area (Å²) in [6.45, 7) is 0. The van der Waals surface area contributed by atoms with Crippen molar-refractivity contribution in [2.75, 3.05) is 0 Å². The van der Waals surface area contributed by atoms with Gasteiger partial charge in [0.2, 0.25) is 0 Å². The molecular formula is C3H2F3N2O. The van der Waals surface area contributed by atoms with Crippen molar-refractivity contribution >= 4 is 6.40 Å². The van der Waals surface area contributed by atoms with Crippen LogP contribution >= 0.6 is 0 Å². The van der Waals surface area contributed by atoms with Crippen LogP contribution < -0.4 is 5.48 Å². The molecule has 0 spiro atoms. The lowest BCUT2D eigenvalue weighted by Gasteiger charge is -2.07. The van der Waals surface area contributed by atoms with E-state index in [1.54, 1.807) is 5.48 Å². The average Bonchev–Trinajstić information content (AvgIpc) is 2.08. The molecular weight excluding hydrogens is 137 g/mol. The van der Waals surface area contributed by atoms with E-state index in [0.29, 0.717) is 6.40 Å². The summed E-state index contributed by atoms with van der Waals surface area (Å²) < 4.78 is 34.4. The number of hydrogen-bond acceptors (Lipinski definition) is 3. The minimum atomic E-state index is -4.44. The van der Waals surface area contributed by atoms with Crippen molar-refractivity contribution in [2.24, 2.45) is 4.99 Å². The third-order valence-corrected chi connectivity index (χ3v) is 0.659. The molecule has 1 rings (SSSR count). The summed E-state index contributed by atoms with van der Waals surface area (Å²) in [6, 6.07) is 0. The van der Waals surface area contributed by atoms with Crippen molar-refractivity contribution in [1.29, 1.82) is 0 Å². The van der Waals surface area contributed by atoms with Crippen molar-refractivity contribution in [3.63, 3.8) is 0 Å². The molecule has 1 aliphatic rings. The Morgan fingerprint density at radius 3 is 2.44 bits per heavy atom. The van der Waals surface area contributed by atoms with Crippen LogP contribution in [0.2, 0.25) is 0 Å². The lowest BCUT2D eigenvalue weighted by molar-refractivity contribution is -0.128. The molecule has 0 bridgehead atoms. The van der Waals surface area contributed by atoms with Crippen LogP contribution in [0.3, 0.4) is 0 Å². The van der Waals surface area contributed by atoms with Crippen LogP contribution in [0.25, 0.3) is 0 Å². The zero-order chi connectivity index (χ0) is 6.91. The first-order valence-corrected chi connectivity index (χ1v) is 1.99. The molecule has 0 unspecified atom stereocenters. The van der Waals surface area contributed by atoms with E-state index in [1.165, 1.54) is 0 Å². The quantitative estimate of drug-likeness (QED) is 0.533. The zero-order valence-electron chi connectivity index (χ0n) is 4.07. The van der Waals surface area contributed by atoms with Crippen molar-refractivity contribution in [3.05, 3.63) is 6.17 Å². The Morgan fingerprint density at radius 1 is 1.56 bits per heavy atom. The Bertz CT molecular complexity index is 132.